The number of hydrogen-bond acceptors (Lipinski definition) is 5. The smallest absolute Gasteiger partial charge is 0.253 e. The highest BCUT2D eigenvalue weighted by Crippen LogP contribution is 2.19. The average molecular weight is 420 g/mol. The van der Waals surface area contributed by atoms with Gasteiger partial charge in [-0.15, -0.1) is 24.8 Å². The van der Waals surface area contributed by atoms with Crippen molar-refractivity contribution in [3.8, 4) is 0 Å². The molecule has 2 aromatic rings. The van der Waals surface area contributed by atoms with Crippen LogP contribution in [0.4, 0.5) is 11.5 Å². The molecule has 0 radical (unpaired) electrons. The Morgan fingerprint density at radius 2 is 1.96 bits per heavy atom. The molecule has 0 atom stereocenters. The molecule has 0 saturated carbocycles. The Morgan fingerprint density at radius 1 is 1.23 bits per heavy atom. The van der Waals surface area contributed by atoms with Crippen molar-refractivity contribution in [2.45, 2.75) is 6.54 Å². The monoisotopic (exact) mass is 418 g/mol. The summed E-state index contributed by atoms with van der Waals surface area (Å²) in [6.07, 6.45) is 1.77. The molecule has 26 heavy (non-hydrogen) atoms. The van der Waals surface area contributed by atoms with E-state index in [4.69, 9.17) is 22.1 Å². The van der Waals surface area contributed by atoms with Gasteiger partial charge in [-0.3, -0.25) is 4.79 Å². The van der Waals surface area contributed by atoms with Crippen LogP contribution in [0, 0.1) is 0 Å². The second-order valence-electron chi connectivity index (χ2n) is 5.55. The van der Waals surface area contributed by atoms with Crippen molar-refractivity contribution in [3.63, 3.8) is 0 Å². The van der Waals surface area contributed by atoms with Gasteiger partial charge < -0.3 is 20.7 Å². The number of carbonyl (C=O) groups excluding carboxylic acids is 1. The maximum absolute atomic E-state index is 12.2. The Labute approximate surface area is 169 Å². The number of hydrogen-bond donors (Lipinski definition) is 2. The van der Waals surface area contributed by atoms with Crippen LogP contribution in [0.25, 0.3) is 0 Å². The summed E-state index contributed by atoms with van der Waals surface area (Å²) in [6, 6.07) is 8.76. The number of halogens is 3. The Morgan fingerprint density at radius 3 is 2.58 bits per heavy atom. The molecule has 0 bridgehead atoms. The quantitative estimate of drug-likeness (QED) is 0.745. The number of nitrogens with two attached hydrogens (primary N) is 1. The molecule has 9 heteroatoms. The molecule has 3 rings (SSSR count). The van der Waals surface area contributed by atoms with Crippen LogP contribution < -0.4 is 16.0 Å². The number of amides is 1. The van der Waals surface area contributed by atoms with E-state index in [1.165, 1.54) is 0 Å². The van der Waals surface area contributed by atoms with Gasteiger partial charge in [-0.2, -0.15) is 0 Å². The predicted molar refractivity (Wildman–Crippen MR) is 109 cm³/mol. The third-order valence-corrected chi connectivity index (χ3v) is 4.15. The number of pyridine rings is 1. The van der Waals surface area contributed by atoms with Gasteiger partial charge in [-0.1, -0.05) is 17.7 Å². The fourth-order valence-corrected chi connectivity index (χ4v) is 2.77. The Bertz CT molecular complexity index is 722. The lowest BCUT2D eigenvalue weighted by molar-refractivity contribution is 0.0951. The first-order valence-corrected chi connectivity index (χ1v) is 8.12. The maximum Gasteiger partial charge on any atom is 0.253 e. The van der Waals surface area contributed by atoms with E-state index >= 15 is 0 Å². The number of nitrogens with one attached hydrogen (secondary N) is 1. The molecule has 1 amide bonds. The molecule has 1 saturated heterocycles. The molecular formula is C17H21Cl3N4O2. The maximum atomic E-state index is 12.2. The van der Waals surface area contributed by atoms with Gasteiger partial charge in [0.2, 0.25) is 0 Å². The number of morpholine rings is 1. The van der Waals surface area contributed by atoms with Crippen molar-refractivity contribution in [2.75, 3.05) is 36.9 Å². The second kappa shape index (κ2) is 10.4. The van der Waals surface area contributed by atoms with Crippen LogP contribution in [-0.4, -0.2) is 37.2 Å². The molecule has 6 nitrogen and oxygen atoms in total. The number of benzene rings is 1. The van der Waals surface area contributed by atoms with Gasteiger partial charge in [0.1, 0.15) is 5.82 Å². The van der Waals surface area contributed by atoms with E-state index in [0.717, 1.165) is 37.7 Å². The molecule has 3 N–H and O–H groups in total. The zero-order valence-corrected chi connectivity index (χ0v) is 16.4. The topological polar surface area (TPSA) is 80.5 Å². The third kappa shape index (κ3) is 5.64. The van der Waals surface area contributed by atoms with E-state index in [0.29, 0.717) is 22.8 Å². The van der Waals surface area contributed by atoms with E-state index in [-0.39, 0.29) is 30.7 Å². The third-order valence-electron chi connectivity index (χ3n) is 3.84. The number of nitrogens with zero attached hydrogens (tertiary/aromatic N) is 2. The standard InChI is InChI=1S/C17H19ClN4O2.2ClH/c18-15-9-13(19)2-3-14(15)17(23)21-11-12-1-4-16(20-10-12)22-5-7-24-8-6-22;;/h1-4,9-10H,5-8,11,19H2,(H,21,23);2*1H. The molecule has 1 fully saturated rings. The molecule has 0 aliphatic carbocycles. The van der Waals surface area contributed by atoms with Crippen LogP contribution in [0.2, 0.25) is 5.02 Å². The van der Waals surface area contributed by atoms with E-state index in [1.54, 1.807) is 24.4 Å². The molecule has 142 valence electrons. The SMILES string of the molecule is Cl.Cl.Nc1ccc(C(=O)NCc2ccc(N3CCOCC3)nc2)c(Cl)c1. The molecule has 0 spiro atoms. The number of aromatic nitrogens is 1. The summed E-state index contributed by atoms with van der Waals surface area (Å²) >= 11 is 6.04. The van der Waals surface area contributed by atoms with Crippen molar-refractivity contribution in [1.82, 2.24) is 10.3 Å². The second-order valence-corrected chi connectivity index (χ2v) is 5.95. The zero-order chi connectivity index (χ0) is 16.9. The van der Waals surface area contributed by atoms with Gasteiger partial charge in [-0.25, -0.2) is 4.98 Å². The number of ether oxygens (including phenoxy) is 1. The van der Waals surface area contributed by atoms with Crippen LogP contribution >= 0.6 is 36.4 Å². The number of nitrogen functional groups attached to an aromatic ring is 1. The highest BCUT2D eigenvalue weighted by molar-refractivity contribution is 6.34. The van der Waals surface area contributed by atoms with Gasteiger partial charge in [0, 0.05) is 31.5 Å². The molecule has 2 heterocycles. The lowest BCUT2D eigenvalue weighted by Gasteiger charge is -2.27. The first-order chi connectivity index (χ1) is 11.6. The van der Waals surface area contributed by atoms with Gasteiger partial charge in [0.05, 0.1) is 23.8 Å². The molecule has 1 aromatic heterocycles. The molecular weight excluding hydrogens is 399 g/mol. The zero-order valence-electron chi connectivity index (χ0n) is 14.0. The Hall–Kier alpha value is -1.73. The van der Waals surface area contributed by atoms with Gasteiger partial charge in [0.15, 0.2) is 0 Å². The van der Waals surface area contributed by atoms with E-state index in [1.807, 2.05) is 12.1 Å². The number of rotatable bonds is 4. The summed E-state index contributed by atoms with van der Waals surface area (Å²) in [5.41, 5.74) is 7.49. The van der Waals surface area contributed by atoms with E-state index in [2.05, 4.69) is 15.2 Å². The van der Waals surface area contributed by atoms with Crippen molar-refractivity contribution >= 4 is 53.8 Å². The molecule has 1 aliphatic rings. The summed E-state index contributed by atoms with van der Waals surface area (Å²) in [5, 5.41) is 3.18. The van der Waals surface area contributed by atoms with Crippen molar-refractivity contribution in [2.24, 2.45) is 0 Å². The Balaban J connectivity index is 0.00000169. The lowest BCUT2D eigenvalue weighted by Crippen LogP contribution is -2.36. The predicted octanol–water partition coefficient (Wildman–Crippen LogP) is 2.93. The van der Waals surface area contributed by atoms with Crippen LogP contribution in [-0.2, 0) is 11.3 Å². The minimum Gasteiger partial charge on any atom is -0.399 e. The first-order valence-electron chi connectivity index (χ1n) is 7.74. The van der Waals surface area contributed by atoms with Crippen molar-refractivity contribution in [1.29, 1.82) is 0 Å². The van der Waals surface area contributed by atoms with Gasteiger partial charge in [0.25, 0.3) is 5.91 Å². The normalized spacial score (nSPS) is 13.3. The molecule has 0 unspecified atom stereocenters. The van der Waals surface area contributed by atoms with Crippen molar-refractivity contribution in [3.05, 3.63) is 52.7 Å². The minimum absolute atomic E-state index is 0. The summed E-state index contributed by atoms with van der Waals surface area (Å²) in [7, 11) is 0. The number of anilines is 2. The minimum atomic E-state index is -0.239. The fourth-order valence-electron chi connectivity index (χ4n) is 2.49. The summed E-state index contributed by atoms with van der Waals surface area (Å²) < 4.78 is 5.33. The van der Waals surface area contributed by atoms with Crippen LogP contribution in [0.15, 0.2) is 36.5 Å². The largest absolute Gasteiger partial charge is 0.399 e. The summed E-state index contributed by atoms with van der Waals surface area (Å²) in [5.74, 6) is 0.687. The molecule has 1 aromatic carbocycles. The van der Waals surface area contributed by atoms with Crippen molar-refractivity contribution < 1.29 is 9.53 Å². The van der Waals surface area contributed by atoms with Crippen LogP contribution in [0.5, 0.6) is 0 Å². The summed E-state index contributed by atoms with van der Waals surface area (Å²) in [6.45, 7) is 3.52. The lowest BCUT2D eigenvalue weighted by atomic mass is 10.2. The molecule has 1 aliphatic heterocycles. The first kappa shape index (κ1) is 22.3. The fraction of sp³-hybridized carbons (Fsp3) is 0.294. The van der Waals surface area contributed by atoms with Crippen LogP contribution in [0.1, 0.15) is 15.9 Å². The highest BCUT2D eigenvalue weighted by Gasteiger charge is 2.13. The van der Waals surface area contributed by atoms with Gasteiger partial charge >= 0.3 is 0 Å². The highest BCUT2D eigenvalue weighted by atomic mass is 35.5. The van der Waals surface area contributed by atoms with E-state index in [9.17, 15) is 4.79 Å². The van der Waals surface area contributed by atoms with Gasteiger partial charge in [-0.05, 0) is 29.8 Å². The summed E-state index contributed by atoms with van der Waals surface area (Å²) in [4.78, 5) is 18.8. The number of carbonyl (C=O) groups is 1. The van der Waals surface area contributed by atoms with E-state index < -0.39 is 0 Å². The average Bonchev–Trinajstić information content (AvgIpc) is 2.61. The Kier molecular flexibility index (Phi) is 8.95. The van der Waals surface area contributed by atoms with Crippen LogP contribution in [0.3, 0.4) is 0 Å².